The van der Waals surface area contributed by atoms with Crippen LogP contribution in [0.1, 0.15) is 5.56 Å². The van der Waals surface area contributed by atoms with Crippen molar-refractivity contribution >= 4 is 21.6 Å². The smallest absolute Gasteiger partial charge is 0.312 e. The summed E-state index contributed by atoms with van der Waals surface area (Å²) >= 11 is 3.08. The Labute approximate surface area is 126 Å². The van der Waals surface area contributed by atoms with E-state index in [-0.39, 0.29) is 17.9 Å². The van der Waals surface area contributed by atoms with Crippen LogP contribution in [-0.2, 0) is 6.54 Å². The molecule has 0 fully saturated rings. The molecule has 0 aliphatic heterocycles. The van der Waals surface area contributed by atoms with Crippen LogP contribution in [0.5, 0.6) is 11.5 Å². The van der Waals surface area contributed by atoms with Gasteiger partial charge in [-0.05, 0) is 29.8 Å². The van der Waals surface area contributed by atoms with Crippen molar-refractivity contribution in [3.63, 3.8) is 0 Å². The van der Waals surface area contributed by atoms with Crippen molar-refractivity contribution in [2.24, 2.45) is 5.73 Å². The minimum atomic E-state index is -0.979. The SMILES string of the molecule is NCc1cc(F)c(Oc2ccc(Br)cc2[N+](=O)[O-])c(F)c1. The third-order valence-corrected chi connectivity index (χ3v) is 3.12. The lowest BCUT2D eigenvalue weighted by Gasteiger charge is -2.09. The first-order valence-electron chi connectivity index (χ1n) is 5.72. The van der Waals surface area contributed by atoms with Crippen LogP contribution in [0.4, 0.5) is 14.5 Å². The first-order valence-corrected chi connectivity index (χ1v) is 6.51. The number of benzene rings is 2. The molecule has 8 heteroatoms. The van der Waals surface area contributed by atoms with Crippen LogP contribution in [0, 0.1) is 21.7 Å². The molecule has 0 amide bonds. The van der Waals surface area contributed by atoms with Gasteiger partial charge in [0.1, 0.15) is 0 Å². The number of nitrogens with two attached hydrogens (primary N) is 1. The van der Waals surface area contributed by atoms with Crippen molar-refractivity contribution in [2.75, 3.05) is 0 Å². The van der Waals surface area contributed by atoms with Gasteiger partial charge in [-0.15, -0.1) is 0 Å². The van der Waals surface area contributed by atoms with E-state index in [1.54, 1.807) is 0 Å². The van der Waals surface area contributed by atoms with Gasteiger partial charge < -0.3 is 10.5 Å². The number of nitro benzene ring substituents is 1. The van der Waals surface area contributed by atoms with Gasteiger partial charge in [-0.2, -0.15) is 0 Å². The van der Waals surface area contributed by atoms with Crippen LogP contribution < -0.4 is 10.5 Å². The van der Waals surface area contributed by atoms with E-state index in [1.165, 1.54) is 18.2 Å². The van der Waals surface area contributed by atoms with Crippen molar-refractivity contribution in [1.82, 2.24) is 0 Å². The Bertz CT molecular complexity index is 687. The lowest BCUT2D eigenvalue weighted by molar-refractivity contribution is -0.385. The highest BCUT2D eigenvalue weighted by molar-refractivity contribution is 9.10. The Morgan fingerprint density at radius 3 is 2.38 bits per heavy atom. The average molecular weight is 359 g/mol. The van der Waals surface area contributed by atoms with E-state index in [1.807, 2.05) is 0 Å². The maximum absolute atomic E-state index is 13.8. The topological polar surface area (TPSA) is 78.4 Å². The number of nitrogens with zero attached hydrogens (tertiary/aromatic N) is 1. The van der Waals surface area contributed by atoms with Gasteiger partial charge in [-0.25, -0.2) is 8.78 Å². The molecule has 0 radical (unpaired) electrons. The van der Waals surface area contributed by atoms with Gasteiger partial charge in [0.25, 0.3) is 0 Å². The molecule has 110 valence electrons. The predicted molar refractivity (Wildman–Crippen MR) is 75.1 cm³/mol. The van der Waals surface area contributed by atoms with Crippen molar-refractivity contribution in [2.45, 2.75) is 6.54 Å². The summed E-state index contributed by atoms with van der Waals surface area (Å²) in [4.78, 5) is 10.2. The Morgan fingerprint density at radius 2 is 1.86 bits per heavy atom. The first kappa shape index (κ1) is 15.3. The van der Waals surface area contributed by atoms with Crippen LogP contribution in [0.3, 0.4) is 0 Å². The maximum atomic E-state index is 13.8. The average Bonchev–Trinajstić information content (AvgIpc) is 2.43. The number of rotatable bonds is 4. The molecule has 2 rings (SSSR count). The van der Waals surface area contributed by atoms with Crippen molar-refractivity contribution in [3.8, 4) is 11.5 Å². The molecule has 0 aromatic heterocycles. The Hall–Kier alpha value is -2.06. The first-order chi connectivity index (χ1) is 9.92. The third kappa shape index (κ3) is 3.34. The molecular formula is C13H9BrF2N2O3. The minimum Gasteiger partial charge on any atom is -0.444 e. The van der Waals surface area contributed by atoms with Crippen LogP contribution in [-0.4, -0.2) is 4.92 Å². The molecule has 0 unspecified atom stereocenters. The van der Waals surface area contributed by atoms with Crippen molar-refractivity contribution < 1.29 is 18.4 Å². The molecule has 2 aromatic carbocycles. The van der Waals surface area contributed by atoms with Crippen LogP contribution in [0.25, 0.3) is 0 Å². The summed E-state index contributed by atoms with van der Waals surface area (Å²) in [6.45, 7) is -0.0352. The summed E-state index contributed by atoms with van der Waals surface area (Å²) in [5, 5.41) is 10.9. The standard InChI is InChI=1S/C13H9BrF2N2O3/c14-8-1-2-12(11(5-8)18(19)20)21-13-9(15)3-7(6-17)4-10(13)16/h1-5H,6,17H2. The summed E-state index contributed by atoms with van der Waals surface area (Å²) in [7, 11) is 0. The predicted octanol–water partition coefficient (Wildman–Crippen LogP) is 3.89. The number of hydrogen-bond acceptors (Lipinski definition) is 4. The molecule has 0 atom stereocenters. The van der Waals surface area contributed by atoms with E-state index in [0.717, 1.165) is 12.1 Å². The molecule has 0 aliphatic carbocycles. The lowest BCUT2D eigenvalue weighted by Crippen LogP contribution is -2.01. The van der Waals surface area contributed by atoms with Gasteiger partial charge in [-0.1, -0.05) is 15.9 Å². The molecule has 2 aromatic rings. The summed E-state index contributed by atoms with van der Waals surface area (Å²) in [5.74, 6) is -2.93. The highest BCUT2D eigenvalue weighted by Gasteiger charge is 2.20. The second kappa shape index (κ2) is 6.15. The molecule has 0 spiro atoms. The van der Waals surface area contributed by atoms with Crippen LogP contribution in [0.15, 0.2) is 34.8 Å². The van der Waals surface area contributed by atoms with Crippen molar-refractivity contribution in [3.05, 3.63) is 62.1 Å². The molecule has 0 aliphatic rings. The third-order valence-electron chi connectivity index (χ3n) is 2.62. The van der Waals surface area contributed by atoms with Gasteiger partial charge in [-0.3, -0.25) is 10.1 Å². The summed E-state index contributed by atoms with van der Waals surface area (Å²) in [5.41, 5.74) is 5.14. The van der Waals surface area contributed by atoms with Crippen LogP contribution in [0.2, 0.25) is 0 Å². The molecule has 0 heterocycles. The molecule has 0 saturated heterocycles. The highest BCUT2D eigenvalue weighted by atomic mass is 79.9. The quantitative estimate of drug-likeness (QED) is 0.664. The summed E-state index contributed by atoms with van der Waals surface area (Å²) in [6.07, 6.45) is 0. The normalized spacial score (nSPS) is 10.5. The fraction of sp³-hybridized carbons (Fsp3) is 0.0769. The molecule has 2 N–H and O–H groups in total. The Kier molecular flexibility index (Phi) is 4.49. The molecule has 0 bridgehead atoms. The minimum absolute atomic E-state index is 0.0352. The van der Waals surface area contributed by atoms with E-state index in [2.05, 4.69) is 15.9 Å². The van der Waals surface area contributed by atoms with E-state index in [4.69, 9.17) is 10.5 Å². The highest BCUT2D eigenvalue weighted by Crippen LogP contribution is 2.36. The van der Waals surface area contributed by atoms with E-state index >= 15 is 0 Å². The molecule has 5 nitrogen and oxygen atoms in total. The van der Waals surface area contributed by atoms with Gasteiger partial charge in [0.2, 0.25) is 5.75 Å². The number of nitro groups is 1. The van der Waals surface area contributed by atoms with E-state index < -0.39 is 28.0 Å². The van der Waals surface area contributed by atoms with Crippen molar-refractivity contribution in [1.29, 1.82) is 0 Å². The maximum Gasteiger partial charge on any atom is 0.312 e. The van der Waals surface area contributed by atoms with E-state index in [9.17, 15) is 18.9 Å². The van der Waals surface area contributed by atoms with Crippen LogP contribution >= 0.6 is 15.9 Å². The lowest BCUT2D eigenvalue weighted by atomic mass is 10.2. The van der Waals surface area contributed by atoms with E-state index in [0.29, 0.717) is 4.47 Å². The molecule has 0 saturated carbocycles. The summed E-state index contributed by atoms with van der Waals surface area (Å²) < 4.78 is 33.1. The Balaban J connectivity index is 2.46. The van der Waals surface area contributed by atoms with Gasteiger partial charge in [0.15, 0.2) is 17.4 Å². The van der Waals surface area contributed by atoms with Gasteiger partial charge in [0, 0.05) is 17.1 Å². The zero-order chi connectivity index (χ0) is 15.6. The molecule has 21 heavy (non-hydrogen) atoms. The number of hydrogen-bond donors (Lipinski definition) is 1. The molecular weight excluding hydrogens is 350 g/mol. The number of ether oxygens (including phenoxy) is 1. The second-order valence-corrected chi connectivity index (χ2v) is 4.98. The monoisotopic (exact) mass is 358 g/mol. The van der Waals surface area contributed by atoms with Gasteiger partial charge in [0.05, 0.1) is 4.92 Å². The zero-order valence-corrected chi connectivity index (χ0v) is 12.1. The number of halogens is 3. The fourth-order valence-electron chi connectivity index (χ4n) is 1.66. The second-order valence-electron chi connectivity index (χ2n) is 4.06. The fourth-order valence-corrected chi connectivity index (χ4v) is 2.01. The zero-order valence-electron chi connectivity index (χ0n) is 10.5. The largest absolute Gasteiger partial charge is 0.444 e. The Morgan fingerprint density at radius 1 is 1.24 bits per heavy atom. The summed E-state index contributed by atoms with van der Waals surface area (Å²) in [6, 6.07) is 5.93. The van der Waals surface area contributed by atoms with Gasteiger partial charge >= 0.3 is 5.69 Å².